The Labute approximate surface area is 411 Å². The monoisotopic (exact) mass is 987 g/mol. The van der Waals surface area contributed by atoms with Gasteiger partial charge in [-0.25, -0.2) is 23.0 Å². The number of carbonyl (C=O) groups excluding carboxylic acids is 2. The highest BCUT2D eigenvalue weighted by atomic mass is 32.2. The Morgan fingerprint density at radius 3 is 1.90 bits per heavy atom. The Morgan fingerprint density at radius 1 is 0.754 bits per heavy atom. The molecule has 15 heteroatoms. The van der Waals surface area contributed by atoms with Crippen molar-refractivity contribution in [2.45, 2.75) is 97.6 Å². The van der Waals surface area contributed by atoms with Crippen molar-refractivity contribution in [1.29, 1.82) is 0 Å². The Balaban J connectivity index is 1.41. The van der Waals surface area contributed by atoms with Crippen LogP contribution in [0, 0.1) is 11.8 Å². The topological polar surface area (TPSA) is 145 Å². The van der Waals surface area contributed by atoms with Gasteiger partial charge in [-0.1, -0.05) is 135 Å². The maximum Gasteiger partial charge on any atom is 0.426 e. The van der Waals surface area contributed by atoms with Crippen molar-refractivity contribution in [3.8, 4) is 23.3 Å². The molecule has 6 aromatic rings. The third kappa shape index (κ3) is 12.7. The van der Waals surface area contributed by atoms with Gasteiger partial charge < -0.3 is 23.7 Å². The highest BCUT2D eigenvalue weighted by Crippen LogP contribution is 2.42. The number of carbonyl (C=O) groups is 2. The Kier molecular flexibility index (Phi) is 16.0. The summed E-state index contributed by atoms with van der Waals surface area (Å²) in [5.41, 5.74) is 2.38. The number of methoxy groups -OCH3 is 2. The van der Waals surface area contributed by atoms with Crippen LogP contribution < -0.4 is 24.7 Å². The number of fused-ring (bicyclic) bond motifs is 1. The molecule has 362 valence electrons. The molecule has 0 spiro atoms. The lowest BCUT2D eigenvalue weighted by atomic mass is 9.98. The van der Waals surface area contributed by atoms with Gasteiger partial charge in [-0.05, 0) is 98.3 Å². The number of benzene rings is 5. The number of rotatable bonds is 15. The van der Waals surface area contributed by atoms with Gasteiger partial charge in [0.15, 0.2) is 0 Å². The molecule has 12 nitrogen and oxygen atoms in total. The zero-order chi connectivity index (χ0) is 50.4. The highest BCUT2D eigenvalue weighted by Gasteiger charge is 2.50. The first-order valence-corrected chi connectivity index (χ1v) is 26.7. The van der Waals surface area contributed by atoms with E-state index in [1.165, 1.54) is 11.4 Å². The fourth-order valence-corrected chi connectivity index (χ4v) is 13.5. The average molecular weight is 988 g/mol. The average Bonchev–Trinajstić information content (AvgIpc) is 3.71. The van der Waals surface area contributed by atoms with Crippen molar-refractivity contribution < 1.29 is 41.7 Å². The van der Waals surface area contributed by atoms with Crippen LogP contribution in [0.1, 0.15) is 83.2 Å². The van der Waals surface area contributed by atoms with E-state index in [0.29, 0.717) is 45.7 Å². The number of hydrogen-bond donors (Lipinski definition) is 1. The maximum atomic E-state index is 13.8. The highest BCUT2D eigenvalue weighted by molar-refractivity contribution is 7.91. The molecule has 0 aliphatic heterocycles. The van der Waals surface area contributed by atoms with Gasteiger partial charge in [0.25, 0.3) is 8.32 Å². The van der Waals surface area contributed by atoms with Crippen molar-refractivity contribution in [3.63, 3.8) is 0 Å². The van der Waals surface area contributed by atoms with E-state index in [2.05, 4.69) is 32.3 Å². The lowest BCUT2D eigenvalue weighted by molar-refractivity contribution is 0.0430. The Bertz CT molecular complexity index is 2920. The standard InChI is InChI=1S/C54H61N3O9S2Si/c1-12-68(60,61)56(37-41-29-30-43(63-10)34-46(41)64-11)36-40-24-20-22-38(31-40)21-19-23-39-32-42(35-54(8,9)69(62,44-25-15-13-16-26-44)45-27-17-14-18-28-45)48-47(33-39)67-49(55-48)57(50(58)65-52(2,3)4)51(59)66-53(5,6)7/h12-18,20,22,24-34,62H,1,21,35-37H2,2-11H3. The first kappa shape index (κ1) is 52.1. The summed E-state index contributed by atoms with van der Waals surface area (Å²) in [4.78, 5) is 46.6. The van der Waals surface area contributed by atoms with E-state index in [1.54, 1.807) is 66.9 Å². The molecule has 5 aromatic carbocycles. The van der Waals surface area contributed by atoms with Crippen molar-refractivity contribution in [1.82, 2.24) is 9.29 Å². The third-order valence-electron chi connectivity index (χ3n) is 11.2. The van der Waals surface area contributed by atoms with Crippen molar-refractivity contribution in [2.75, 3.05) is 19.1 Å². The largest absolute Gasteiger partial charge is 0.497 e. The van der Waals surface area contributed by atoms with Gasteiger partial charge in [0, 0.05) is 42.1 Å². The van der Waals surface area contributed by atoms with E-state index in [0.717, 1.165) is 48.7 Å². The first-order chi connectivity index (χ1) is 32.5. The predicted molar refractivity (Wildman–Crippen MR) is 277 cm³/mol. The molecule has 1 aromatic heterocycles. The Hall–Kier alpha value is -6.28. The van der Waals surface area contributed by atoms with Crippen LogP contribution in [-0.2, 0) is 45.4 Å². The zero-order valence-corrected chi connectivity index (χ0v) is 43.6. The van der Waals surface area contributed by atoms with E-state index >= 15 is 0 Å². The van der Waals surface area contributed by atoms with Gasteiger partial charge in [0.2, 0.25) is 15.2 Å². The number of anilines is 1. The van der Waals surface area contributed by atoms with Crippen molar-refractivity contribution in [3.05, 3.63) is 155 Å². The predicted octanol–water partition coefficient (Wildman–Crippen LogP) is 10.1. The van der Waals surface area contributed by atoms with Crippen LogP contribution in [0.15, 0.2) is 127 Å². The second-order valence-electron chi connectivity index (χ2n) is 19.2. The second kappa shape index (κ2) is 21.2. The van der Waals surface area contributed by atoms with Crippen molar-refractivity contribution >= 4 is 67.6 Å². The number of aromatic nitrogens is 1. The van der Waals surface area contributed by atoms with Crippen LogP contribution in [0.4, 0.5) is 14.7 Å². The molecule has 0 atom stereocenters. The molecule has 0 unspecified atom stereocenters. The van der Waals surface area contributed by atoms with E-state index in [4.69, 9.17) is 23.9 Å². The smallest absolute Gasteiger partial charge is 0.426 e. The van der Waals surface area contributed by atoms with Gasteiger partial charge in [0.05, 0.1) is 24.4 Å². The quantitative estimate of drug-likeness (QED) is 0.0780. The van der Waals surface area contributed by atoms with E-state index in [-0.39, 0.29) is 18.2 Å². The number of thiazole rings is 1. The van der Waals surface area contributed by atoms with Crippen LogP contribution in [0.2, 0.25) is 5.04 Å². The number of sulfonamides is 1. The summed E-state index contributed by atoms with van der Waals surface area (Å²) >= 11 is 1.13. The summed E-state index contributed by atoms with van der Waals surface area (Å²) in [6.45, 7) is 18.1. The molecule has 0 bridgehead atoms. The van der Waals surface area contributed by atoms with Gasteiger partial charge >= 0.3 is 12.2 Å². The van der Waals surface area contributed by atoms with Gasteiger partial charge in [-0.2, -0.15) is 9.21 Å². The van der Waals surface area contributed by atoms with E-state index in [9.17, 15) is 22.8 Å². The minimum absolute atomic E-state index is 0.0381. The molecule has 0 fully saturated rings. The third-order valence-corrected chi connectivity index (χ3v) is 18.0. The summed E-state index contributed by atoms with van der Waals surface area (Å²) in [5, 5.41) is 1.95. The van der Waals surface area contributed by atoms with Gasteiger partial charge in [0.1, 0.15) is 22.7 Å². The normalized spacial score (nSPS) is 12.2. The van der Waals surface area contributed by atoms with E-state index in [1.807, 2.05) is 97.1 Å². The number of hydrogen-bond acceptors (Lipinski definition) is 11. The second-order valence-corrected chi connectivity index (χ2v) is 26.1. The summed E-state index contributed by atoms with van der Waals surface area (Å²) in [6, 6.07) is 36.2. The molecule has 1 N–H and O–H groups in total. The molecule has 69 heavy (non-hydrogen) atoms. The molecule has 6 rings (SSSR count). The zero-order valence-electron chi connectivity index (χ0n) is 41.0. The molecule has 0 aliphatic carbocycles. The van der Waals surface area contributed by atoms with Crippen LogP contribution in [0.3, 0.4) is 0 Å². The fraction of sp³-hybridized carbons (Fsp3) is 0.315. The molecule has 1 heterocycles. The summed E-state index contributed by atoms with van der Waals surface area (Å²) in [5.74, 6) is 7.74. The van der Waals surface area contributed by atoms with Gasteiger partial charge in [-0.3, -0.25) is 0 Å². The number of nitrogens with zero attached hydrogens (tertiary/aromatic N) is 3. The summed E-state index contributed by atoms with van der Waals surface area (Å²) < 4.78 is 50.9. The molecular formula is C54H61N3O9S2Si. The fourth-order valence-electron chi connectivity index (χ4n) is 7.95. The molecular weight excluding hydrogens is 927 g/mol. The molecule has 0 radical (unpaired) electrons. The Morgan fingerprint density at radius 2 is 1.35 bits per heavy atom. The minimum atomic E-state index is -3.86. The van der Waals surface area contributed by atoms with E-state index < -0.39 is 46.8 Å². The molecule has 2 amide bonds. The molecule has 0 saturated heterocycles. The maximum absolute atomic E-state index is 13.8. The lowest BCUT2D eigenvalue weighted by Gasteiger charge is -2.41. The number of amides is 2. The lowest BCUT2D eigenvalue weighted by Crippen LogP contribution is -2.65. The van der Waals surface area contributed by atoms with Crippen LogP contribution in [0.5, 0.6) is 11.5 Å². The molecule has 0 saturated carbocycles. The van der Waals surface area contributed by atoms with Crippen LogP contribution in [0.25, 0.3) is 10.2 Å². The number of imide groups is 1. The first-order valence-electron chi connectivity index (χ1n) is 22.4. The van der Waals surface area contributed by atoms with Crippen molar-refractivity contribution in [2.24, 2.45) is 0 Å². The van der Waals surface area contributed by atoms with Gasteiger partial charge in [-0.15, -0.1) is 0 Å². The summed E-state index contributed by atoms with van der Waals surface area (Å²) in [6.07, 6.45) is -1.18. The molecule has 0 aliphatic rings. The summed E-state index contributed by atoms with van der Waals surface area (Å²) in [7, 11) is -4.32. The minimum Gasteiger partial charge on any atom is -0.497 e. The SMILES string of the molecule is C=CS(=O)(=O)N(Cc1cccc(CC#Cc2cc(CC(C)(C)[Si](O)(c3ccccc3)c3ccccc3)c3nc(N(C(=O)OC(C)(C)C)C(=O)OC(C)(C)C)sc3c2)c1)Cc1ccc(OC)cc1OC. The van der Waals surface area contributed by atoms with Crippen LogP contribution >= 0.6 is 11.3 Å². The number of ether oxygens (including phenoxy) is 4. The van der Waals surface area contributed by atoms with Crippen LogP contribution in [-0.4, -0.2) is 68.4 Å².